The first-order chi connectivity index (χ1) is 18.5. The van der Waals surface area contributed by atoms with Gasteiger partial charge in [-0.2, -0.15) is 13.2 Å². The van der Waals surface area contributed by atoms with Crippen LogP contribution in [0.15, 0.2) is 30.3 Å². The first kappa shape index (κ1) is 31.2. The second-order valence-corrected chi connectivity index (χ2v) is 11.9. The molecule has 0 aliphatic heterocycles. The van der Waals surface area contributed by atoms with E-state index < -0.39 is 49.4 Å². The second kappa shape index (κ2) is 13.4. The van der Waals surface area contributed by atoms with Gasteiger partial charge in [0.05, 0.1) is 24.8 Å². The van der Waals surface area contributed by atoms with E-state index in [0.29, 0.717) is 19.3 Å². The largest absolute Gasteiger partial charge is 0.405 e. The molecule has 216 valence electrons. The minimum Gasteiger partial charge on any atom is -0.346 e. The molecule has 1 aliphatic rings. The topological polar surface area (TPSA) is 64.6 Å². The molecule has 0 bridgehead atoms. The third-order valence-corrected chi connectivity index (χ3v) is 9.04. The molecule has 1 N–H and O–H groups in total. The molecule has 0 saturated carbocycles. The van der Waals surface area contributed by atoms with Gasteiger partial charge in [0.25, 0.3) is 0 Å². The fourth-order valence-electron chi connectivity index (χ4n) is 4.84. The predicted octanol–water partition coefficient (Wildman–Crippen LogP) is 8.42. The summed E-state index contributed by atoms with van der Waals surface area (Å²) < 4.78 is 94.9. The Balaban J connectivity index is 2.21. The van der Waals surface area contributed by atoms with Crippen LogP contribution in [-0.4, -0.2) is 31.8 Å². The maximum absolute atomic E-state index is 15.8. The normalized spacial score (nSPS) is 15.6. The first-order valence-corrected chi connectivity index (χ1v) is 14.9. The van der Waals surface area contributed by atoms with Crippen LogP contribution < -0.4 is 5.32 Å². The third kappa shape index (κ3) is 7.27. The Morgan fingerprint density at radius 3 is 2.15 bits per heavy atom. The standard InChI is InChI=1S/C28H35F5NO4P/c1-4-7-14-37-39(36,38-15-8-5-2)23(9-6-3)26-22(30)13-12-20-24(26)21-16-18(29)10-11-19(21)25(20)27(35)34-17-28(31,32)33/h10-13,16,23,25H,4-9,14-15,17H2,1-3H3,(H,34,35). The molecule has 1 amide bonds. The average Bonchev–Trinajstić information content (AvgIpc) is 3.19. The number of alkyl halides is 3. The number of halogens is 5. The van der Waals surface area contributed by atoms with Gasteiger partial charge >= 0.3 is 13.8 Å². The summed E-state index contributed by atoms with van der Waals surface area (Å²) in [7, 11) is -3.97. The molecule has 2 unspecified atom stereocenters. The zero-order valence-corrected chi connectivity index (χ0v) is 23.3. The maximum Gasteiger partial charge on any atom is 0.405 e. The fourth-order valence-corrected chi connectivity index (χ4v) is 7.18. The van der Waals surface area contributed by atoms with Crippen LogP contribution >= 0.6 is 7.60 Å². The van der Waals surface area contributed by atoms with Gasteiger partial charge in [0.2, 0.25) is 5.91 Å². The van der Waals surface area contributed by atoms with Crippen molar-refractivity contribution < 1.29 is 40.4 Å². The zero-order valence-electron chi connectivity index (χ0n) is 22.4. The van der Waals surface area contributed by atoms with Gasteiger partial charge in [-0.05, 0) is 59.7 Å². The first-order valence-electron chi connectivity index (χ1n) is 13.3. The summed E-state index contributed by atoms with van der Waals surface area (Å²) in [6, 6.07) is 5.95. The number of amides is 1. The Bertz CT molecular complexity index is 1190. The minimum atomic E-state index is -4.64. The van der Waals surface area contributed by atoms with E-state index in [1.807, 2.05) is 26.1 Å². The minimum absolute atomic E-state index is 0.0383. The van der Waals surface area contributed by atoms with Crippen molar-refractivity contribution in [3.8, 4) is 11.1 Å². The molecular weight excluding hydrogens is 540 g/mol. The zero-order chi connectivity index (χ0) is 28.8. The van der Waals surface area contributed by atoms with Crippen LogP contribution in [0.2, 0.25) is 0 Å². The van der Waals surface area contributed by atoms with E-state index in [1.54, 1.807) is 0 Å². The van der Waals surface area contributed by atoms with Crippen LogP contribution in [0.1, 0.15) is 87.6 Å². The molecule has 0 radical (unpaired) electrons. The van der Waals surface area contributed by atoms with Crippen LogP contribution in [0.4, 0.5) is 22.0 Å². The fraction of sp³-hybridized carbons (Fsp3) is 0.536. The van der Waals surface area contributed by atoms with E-state index >= 15 is 4.39 Å². The van der Waals surface area contributed by atoms with E-state index in [4.69, 9.17) is 9.05 Å². The molecule has 0 fully saturated rings. The SMILES string of the molecule is CCCCOP(=O)(OCCCC)C(CCC)c1c(F)ccc2c1-c1cc(F)ccc1C2C(=O)NCC(F)(F)F. The van der Waals surface area contributed by atoms with Crippen molar-refractivity contribution in [1.82, 2.24) is 5.32 Å². The Morgan fingerprint density at radius 1 is 0.974 bits per heavy atom. The van der Waals surface area contributed by atoms with Gasteiger partial charge in [-0.3, -0.25) is 9.36 Å². The smallest absolute Gasteiger partial charge is 0.346 e. The number of fused-ring (bicyclic) bond motifs is 3. The van der Waals surface area contributed by atoms with E-state index in [0.717, 1.165) is 31.0 Å². The number of hydrogen-bond acceptors (Lipinski definition) is 4. The van der Waals surface area contributed by atoms with Crippen LogP contribution in [0, 0.1) is 11.6 Å². The number of nitrogens with one attached hydrogen (secondary N) is 1. The monoisotopic (exact) mass is 575 g/mol. The molecule has 2 atom stereocenters. The summed E-state index contributed by atoms with van der Waals surface area (Å²) in [6.45, 7) is 4.42. The van der Waals surface area contributed by atoms with Gasteiger partial charge in [0.15, 0.2) is 0 Å². The van der Waals surface area contributed by atoms with Crippen molar-refractivity contribution in [3.05, 3.63) is 58.7 Å². The summed E-state index contributed by atoms with van der Waals surface area (Å²) in [5.41, 5.74) is -0.346. The van der Waals surface area contributed by atoms with E-state index in [-0.39, 0.29) is 47.5 Å². The van der Waals surface area contributed by atoms with Crippen molar-refractivity contribution in [3.63, 3.8) is 0 Å². The van der Waals surface area contributed by atoms with E-state index in [9.17, 15) is 26.9 Å². The lowest BCUT2D eigenvalue weighted by Crippen LogP contribution is -2.36. The van der Waals surface area contributed by atoms with Crippen molar-refractivity contribution in [2.45, 2.75) is 77.0 Å². The number of rotatable bonds is 14. The summed E-state index contributed by atoms with van der Waals surface area (Å²) >= 11 is 0. The molecule has 2 aromatic carbocycles. The van der Waals surface area contributed by atoms with Crippen molar-refractivity contribution in [2.24, 2.45) is 0 Å². The van der Waals surface area contributed by atoms with Gasteiger partial charge in [-0.15, -0.1) is 0 Å². The van der Waals surface area contributed by atoms with Crippen molar-refractivity contribution in [1.29, 1.82) is 0 Å². The lowest BCUT2D eigenvalue weighted by atomic mass is 9.92. The van der Waals surface area contributed by atoms with Gasteiger partial charge in [-0.1, -0.05) is 52.2 Å². The van der Waals surface area contributed by atoms with Gasteiger partial charge in [0.1, 0.15) is 18.2 Å². The Kier molecular flexibility index (Phi) is 10.7. The Hall–Kier alpha value is -2.29. The van der Waals surface area contributed by atoms with Gasteiger partial charge in [-0.25, -0.2) is 8.78 Å². The van der Waals surface area contributed by atoms with Gasteiger partial charge in [0, 0.05) is 5.56 Å². The van der Waals surface area contributed by atoms with E-state index in [1.165, 1.54) is 12.1 Å². The molecule has 0 heterocycles. The van der Waals surface area contributed by atoms with Crippen LogP contribution in [-0.2, 0) is 18.4 Å². The molecule has 11 heteroatoms. The van der Waals surface area contributed by atoms with Crippen LogP contribution in [0.3, 0.4) is 0 Å². The second-order valence-electron chi connectivity index (χ2n) is 9.64. The lowest BCUT2D eigenvalue weighted by Gasteiger charge is -2.29. The average molecular weight is 576 g/mol. The highest BCUT2D eigenvalue weighted by Gasteiger charge is 2.44. The number of carbonyl (C=O) groups excluding carboxylic acids is 1. The molecule has 2 aromatic rings. The molecule has 1 aliphatic carbocycles. The number of carbonyl (C=O) groups is 1. The van der Waals surface area contributed by atoms with E-state index in [2.05, 4.69) is 0 Å². The molecule has 3 rings (SSSR count). The molecular formula is C28H35F5NO4P. The number of hydrogen-bond donors (Lipinski definition) is 1. The highest BCUT2D eigenvalue weighted by molar-refractivity contribution is 7.54. The number of unbranched alkanes of at least 4 members (excludes halogenated alkanes) is 2. The maximum atomic E-state index is 15.8. The summed E-state index contributed by atoms with van der Waals surface area (Å²) in [4.78, 5) is 13.0. The molecule has 0 aromatic heterocycles. The Morgan fingerprint density at radius 2 is 1.59 bits per heavy atom. The van der Waals surface area contributed by atoms with Crippen molar-refractivity contribution in [2.75, 3.05) is 19.8 Å². The molecule has 0 spiro atoms. The highest BCUT2D eigenvalue weighted by Crippen LogP contribution is 2.65. The molecule has 39 heavy (non-hydrogen) atoms. The summed E-state index contributed by atoms with van der Waals surface area (Å²) in [5, 5.41) is 1.89. The highest BCUT2D eigenvalue weighted by atomic mass is 31.2. The van der Waals surface area contributed by atoms with Crippen LogP contribution in [0.5, 0.6) is 0 Å². The van der Waals surface area contributed by atoms with Crippen LogP contribution in [0.25, 0.3) is 11.1 Å². The Labute approximate surface area is 226 Å². The van der Waals surface area contributed by atoms with Crippen molar-refractivity contribution >= 4 is 13.5 Å². The third-order valence-electron chi connectivity index (χ3n) is 6.67. The lowest BCUT2D eigenvalue weighted by molar-refractivity contribution is -0.138. The van der Waals surface area contributed by atoms with Gasteiger partial charge < -0.3 is 14.4 Å². The summed E-state index contributed by atoms with van der Waals surface area (Å²) in [6.07, 6.45) is -1.21. The predicted molar refractivity (Wildman–Crippen MR) is 140 cm³/mol. The summed E-state index contributed by atoms with van der Waals surface area (Å²) in [5.74, 6) is -3.59. The quantitative estimate of drug-likeness (QED) is 0.140. The molecule has 0 saturated heterocycles. The number of benzene rings is 2. The molecule has 5 nitrogen and oxygen atoms in total.